The van der Waals surface area contributed by atoms with E-state index in [4.69, 9.17) is 9.47 Å². The number of sulfonamides is 1. The molecule has 3 aromatic carbocycles. The van der Waals surface area contributed by atoms with Gasteiger partial charge in [-0.25, -0.2) is 8.42 Å². The summed E-state index contributed by atoms with van der Waals surface area (Å²) < 4.78 is 37.4. The zero-order valence-electron chi connectivity index (χ0n) is 17.5. The Bertz CT molecular complexity index is 1150. The van der Waals surface area contributed by atoms with Crippen LogP contribution in [0.2, 0.25) is 0 Å². The van der Waals surface area contributed by atoms with E-state index in [9.17, 15) is 13.2 Å². The van der Waals surface area contributed by atoms with E-state index in [1.54, 1.807) is 79.9 Å². The third-order valence-electron chi connectivity index (χ3n) is 4.73. The van der Waals surface area contributed by atoms with Crippen LogP contribution < -0.4 is 14.8 Å². The Morgan fingerprint density at radius 1 is 0.935 bits per heavy atom. The monoisotopic (exact) mass is 440 g/mol. The second-order valence-corrected chi connectivity index (χ2v) is 8.83. The number of carbonyl (C=O) groups is 1. The van der Waals surface area contributed by atoms with E-state index in [-0.39, 0.29) is 17.3 Å². The van der Waals surface area contributed by atoms with Crippen molar-refractivity contribution in [3.05, 3.63) is 83.9 Å². The van der Waals surface area contributed by atoms with Crippen molar-refractivity contribution in [3.63, 3.8) is 0 Å². The molecule has 0 bridgehead atoms. The topological polar surface area (TPSA) is 84.9 Å². The number of nitrogens with zero attached hydrogens (tertiary/aromatic N) is 1. The quantitative estimate of drug-likeness (QED) is 0.576. The number of hydrogen-bond donors (Lipinski definition) is 1. The lowest BCUT2D eigenvalue weighted by atomic mass is 10.1. The number of carbonyl (C=O) groups excluding carboxylic acids is 1. The van der Waals surface area contributed by atoms with Gasteiger partial charge in [0.25, 0.3) is 5.91 Å². The van der Waals surface area contributed by atoms with Crippen molar-refractivity contribution in [1.82, 2.24) is 4.31 Å². The first-order valence-electron chi connectivity index (χ1n) is 9.49. The summed E-state index contributed by atoms with van der Waals surface area (Å²) in [5.41, 5.74) is 1.58. The normalized spacial score (nSPS) is 11.2. The fourth-order valence-corrected chi connectivity index (χ4v) is 4.19. The van der Waals surface area contributed by atoms with Crippen LogP contribution in [0.3, 0.4) is 0 Å². The van der Waals surface area contributed by atoms with Crippen LogP contribution in [0.1, 0.15) is 15.9 Å². The van der Waals surface area contributed by atoms with Crippen molar-refractivity contribution in [2.24, 2.45) is 0 Å². The van der Waals surface area contributed by atoms with Gasteiger partial charge in [0, 0.05) is 30.4 Å². The summed E-state index contributed by atoms with van der Waals surface area (Å²) >= 11 is 0. The SMILES string of the molecule is COc1ccc(NC(=O)c2ccc(OC)c(CN(C)S(=O)(=O)c3ccccc3)c2)cc1. The van der Waals surface area contributed by atoms with Gasteiger partial charge in [-0.2, -0.15) is 4.31 Å². The Morgan fingerprint density at radius 2 is 1.61 bits per heavy atom. The summed E-state index contributed by atoms with van der Waals surface area (Å²) in [7, 11) is 0.879. The molecule has 0 aliphatic carbocycles. The highest BCUT2D eigenvalue weighted by atomic mass is 32.2. The maximum atomic E-state index is 12.8. The van der Waals surface area contributed by atoms with Crippen molar-refractivity contribution >= 4 is 21.6 Å². The Labute approximate surface area is 182 Å². The fraction of sp³-hybridized carbons (Fsp3) is 0.174. The maximum Gasteiger partial charge on any atom is 0.255 e. The van der Waals surface area contributed by atoms with Crippen LogP contribution in [0.15, 0.2) is 77.7 Å². The summed E-state index contributed by atoms with van der Waals surface area (Å²) in [4.78, 5) is 12.9. The number of rotatable bonds is 8. The minimum atomic E-state index is -3.69. The number of benzene rings is 3. The Kier molecular flexibility index (Phi) is 6.94. The zero-order valence-corrected chi connectivity index (χ0v) is 18.3. The van der Waals surface area contributed by atoms with Gasteiger partial charge in [-0.15, -0.1) is 0 Å². The van der Waals surface area contributed by atoms with Crippen LogP contribution in [0.25, 0.3) is 0 Å². The van der Waals surface area contributed by atoms with E-state index < -0.39 is 10.0 Å². The van der Waals surface area contributed by atoms with E-state index in [0.29, 0.717) is 28.3 Å². The molecule has 0 atom stereocenters. The highest BCUT2D eigenvalue weighted by molar-refractivity contribution is 7.89. The van der Waals surface area contributed by atoms with Crippen LogP contribution in [-0.2, 0) is 16.6 Å². The van der Waals surface area contributed by atoms with Crippen molar-refractivity contribution in [1.29, 1.82) is 0 Å². The van der Waals surface area contributed by atoms with Crippen molar-refractivity contribution in [2.45, 2.75) is 11.4 Å². The second-order valence-electron chi connectivity index (χ2n) is 6.78. The minimum absolute atomic E-state index is 0.0457. The third-order valence-corrected chi connectivity index (χ3v) is 6.55. The van der Waals surface area contributed by atoms with Gasteiger partial charge in [0.05, 0.1) is 19.1 Å². The molecule has 31 heavy (non-hydrogen) atoms. The molecule has 1 amide bonds. The number of ether oxygens (including phenoxy) is 2. The van der Waals surface area contributed by atoms with Crippen LogP contribution in [0.5, 0.6) is 11.5 Å². The van der Waals surface area contributed by atoms with E-state index >= 15 is 0 Å². The van der Waals surface area contributed by atoms with E-state index in [2.05, 4.69) is 5.32 Å². The van der Waals surface area contributed by atoms with Gasteiger partial charge < -0.3 is 14.8 Å². The van der Waals surface area contributed by atoms with Crippen molar-refractivity contribution in [3.8, 4) is 11.5 Å². The molecule has 8 heteroatoms. The molecule has 0 saturated carbocycles. The first-order chi connectivity index (χ1) is 14.8. The van der Waals surface area contributed by atoms with Crippen LogP contribution >= 0.6 is 0 Å². The van der Waals surface area contributed by atoms with E-state index in [0.717, 1.165) is 0 Å². The minimum Gasteiger partial charge on any atom is -0.497 e. The standard InChI is InChI=1S/C23H24N2O5S/c1-25(31(27,28)21-7-5-4-6-8-21)16-18-15-17(9-14-22(18)30-3)23(26)24-19-10-12-20(29-2)13-11-19/h4-15H,16H2,1-3H3,(H,24,26). The molecule has 0 unspecified atom stereocenters. The molecular formula is C23H24N2O5S. The first-order valence-corrected chi connectivity index (χ1v) is 10.9. The van der Waals surface area contributed by atoms with Crippen molar-refractivity contribution in [2.75, 3.05) is 26.6 Å². The summed E-state index contributed by atoms with van der Waals surface area (Å²) in [5.74, 6) is 0.867. The van der Waals surface area contributed by atoms with Crippen molar-refractivity contribution < 1.29 is 22.7 Å². The molecule has 1 N–H and O–H groups in total. The zero-order chi connectivity index (χ0) is 22.4. The predicted octanol–water partition coefficient (Wildman–Crippen LogP) is 3.78. The summed E-state index contributed by atoms with van der Waals surface area (Å²) in [6.45, 7) is 0.0457. The van der Waals surface area contributed by atoms with Gasteiger partial charge >= 0.3 is 0 Å². The van der Waals surface area contributed by atoms with E-state index in [1.165, 1.54) is 18.5 Å². The summed E-state index contributed by atoms with van der Waals surface area (Å²) in [6, 6.07) is 20.1. The lowest BCUT2D eigenvalue weighted by Crippen LogP contribution is -2.27. The van der Waals surface area contributed by atoms with Crippen LogP contribution in [0, 0.1) is 0 Å². The lowest BCUT2D eigenvalue weighted by molar-refractivity contribution is 0.102. The lowest BCUT2D eigenvalue weighted by Gasteiger charge is -2.19. The van der Waals surface area contributed by atoms with Gasteiger partial charge in [0.2, 0.25) is 10.0 Å². The molecule has 0 spiro atoms. The average Bonchev–Trinajstić information content (AvgIpc) is 2.80. The molecule has 0 fully saturated rings. The maximum absolute atomic E-state index is 12.8. The molecule has 0 aliphatic heterocycles. The van der Waals surface area contributed by atoms with Crippen LogP contribution in [-0.4, -0.2) is 39.9 Å². The van der Waals surface area contributed by atoms with Gasteiger partial charge in [-0.3, -0.25) is 4.79 Å². The largest absolute Gasteiger partial charge is 0.497 e. The van der Waals surface area contributed by atoms with E-state index in [1.807, 2.05) is 0 Å². The molecule has 7 nitrogen and oxygen atoms in total. The number of hydrogen-bond acceptors (Lipinski definition) is 5. The molecule has 0 radical (unpaired) electrons. The Hall–Kier alpha value is -3.36. The number of anilines is 1. The molecule has 0 heterocycles. The smallest absolute Gasteiger partial charge is 0.255 e. The van der Waals surface area contributed by atoms with Gasteiger partial charge in [-0.05, 0) is 54.6 Å². The number of methoxy groups -OCH3 is 2. The number of nitrogens with one attached hydrogen (secondary N) is 1. The molecule has 3 aromatic rings. The predicted molar refractivity (Wildman–Crippen MR) is 119 cm³/mol. The summed E-state index contributed by atoms with van der Waals surface area (Å²) in [5, 5.41) is 2.82. The number of amides is 1. The third kappa shape index (κ3) is 5.22. The van der Waals surface area contributed by atoms with Crippen LogP contribution in [0.4, 0.5) is 5.69 Å². The fourth-order valence-electron chi connectivity index (χ4n) is 3.02. The van der Waals surface area contributed by atoms with Gasteiger partial charge in [0.15, 0.2) is 0 Å². The molecule has 0 aliphatic rings. The molecule has 0 aromatic heterocycles. The molecule has 0 saturated heterocycles. The average molecular weight is 441 g/mol. The highest BCUT2D eigenvalue weighted by Gasteiger charge is 2.22. The Morgan fingerprint density at radius 3 is 2.23 bits per heavy atom. The van der Waals surface area contributed by atoms with Gasteiger partial charge in [0.1, 0.15) is 11.5 Å². The highest BCUT2D eigenvalue weighted by Crippen LogP contribution is 2.25. The molecule has 3 rings (SSSR count). The Balaban J connectivity index is 1.82. The second kappa shape index (κ2) is 9.63. The first kappa shape index (κ1) is 22.3. The summed E-state index contributed by atoms with van der Waals surface area (Å²) in [6.07, 6.45) is 0. The molecular weight excluding hydrogens is 416 g/mol. The van der Waals surface area contributed by atoms with Gasteiger partial charge in [-0.1, -0.05) is 18.2 Å². The molecule has 162 valence electrons.